The molecule has 7 heteroatoms. The number of likely N-dealkylation sites (tertiary alicyclic amines) is 1. The first-order chi connectivity index (χ1) is 9.45. The molecule has 3 N–H and O–H groups in total. The number of hydrogen-bond donors (Lipinski definition) is 3. The number of aryl methyl sites for hydroxylation is 1. The number of urea groups is 1. The molecule has 20 heavy (non-hydrogen) atoms. The summed E-state index contributed by atoms with van der Waals surface area (Å²) in [5.74, 6) is -1.04. The first-order valence-corrected chi connectivity index (χ1v) is 7.29. The summed E-state index contributed by atoms with van der Waals surface area (Å²) in [5, 5.41) is 21.5. The van der Waals surface area contributed by atoms with Crippen LogP contribution >= 0.6 is 11.3 Å². The fourth-order valence-electron chi connectivity index (χ4n) is 2.43. The number of thiophene rings is 1. The third-order valence-electron chi connectivity index (χ3n) is 3.67. The van der Waals surface area contributed by atoms with E-state index in [0.29, 0.717) is 17.1 Å². The van der Waals surface area contributed by atoms with Gasteiger partial charge in [0, 0.05) is 11.4 Å². The number of anilines is 1. The van der Waals surface area contributed by atoms with Crippen molar-refractivity contribution in [1.82, 2.24) is 4.90 Å². The number of carbonyl (C=O) groups excluding carboxylic acids is 1. The molecule has 0 saturated carbocycles. The Hall–Kier alpha value is -1.60. The van der Waals surface area contributed by atoms with Gasteiger partial charge in [-0.2, -0.15) is 0 Å². The summed E-state index contributed by atoms with van der Waals surface area (Å²) in [4.78, 5) is 25.9. The van der Waals surface area contributed by atoms with Gasteiger partial charge in [-0.05, 0) is 32.3 Å². The average Bonchev–Trinajstić information content (AvgIpc) is 2.95. The molecule has 1 aliphatic rings. The van der Waals surface area contributed by atoms with Crippen molar-refractivity contribution < 1.29 is 19.8 Å². The number of amides is 2. The van der Waals surface area contributed by atoms with Crippen molar-refractivity contribution in [3.05, 3.63) is 16.0 Å². The van der Waals surface area contributed by atoms with Crippen LogP contribution in [0.2, 0.25) is 0 Å². The Morgan fingerprint density at radius 1 is 1.45 bits per heavy atom. The van der Waals surface area contributed by atoms with E-state index in [4.69, 9.17) is 0 Å². The van der Waals surface area contributed by atoms with E-state index in [2.05, 4.69) is 5.32 Å². The molecule has 1 atom stereocenters. The second-order valence-electron chi connectivity index (χ2n) is 4.89. The topological polar surface area (TPSA) is 89.9 Å². The zero-order valence-electron chi connectivity index (χ0n) is 11.5. The number of aliphatic hydroxyl groups is 1. The Bertz CT molecular complexity index is 541. The van der Waals surface area contributed by atoms with Crippen molar-refractivity contribution in [2.75, 3.05) is 18.5 Å². The largest absolute Gasteiger partial charge is 0.478 e. The minimum Gasteiger partial charge on any atom is -0.478 e. The van der Waals surface area contributed by atoms with E-state index in [9.17, 15) is 19.8 Å². The predicted octanol–water partition coefficient (Wildman–Crippen LogP) is 2.05. The number of carbonyl (C=O) groups is 2. The lowest BCUT2D eigenvalue weighted by Gasteiger charge is -2.23. The highest BCUT2D eigenvalue weighted by atomic mass is 32.1. The molecule has 1 aliphatic heterocycles. The SMILES string of the molecule is Cc1sc(NC(=O)N2CCC[C@@H]2CO)c(C(=O)O)c1C. The maximum absolute atomic E-state index is 12.2. The van der Waals surface area contributed by atoms with Crippen molar-refractivity contribution in [2.24, 2.45) is 0 Å². The molecule has 1 fully saturated rings. The first-order valence-electron chi connectivity index (χ1n) is 6.47. The van der Waals surface area contributed by atoms with Gasteiger partial charge in [-0.25, -0.2) is 9.59 Å². The summed E-state index contributed by atoms with van der Waals surface area (Å²) in [6, 6.07) is -0.518. The minimum atomic E-state index is -1.04. The molecular weight excluding hydrogens is 280 g/mol. The number of hydrogen-bond acceptors (Lipinski definition) is 4. The quantitative estimate of drug-likeness (QED) is 0.796. The number of carboxylic acid groups (broad SMARTS) is 1. The molecule has 0 radical (unpaired) electrons. The maximum atomic E-state index is 12.2. The van der Waals surface area contributed by atoms with Gasteiger partial charge in [-0.1, -0.05) is 0 Å². The van der Waals surface area contributed by atoms with Gasteiger partial charge >= 0.3 is 12.0 Å². The molecule has 0 spiro atoms. The number of aliphatic hydroxyl groups excluding tert-OH is 1. The molecule has 2 heterocycles. The van der Waals surface area contributed by atoms with Crippen LogP contribution in [-0.2, 0) is 0 Å². The minimum absolute atomic E-state index is 0.0678. The number of carboxylic acids is 1. The highest BCUT2D eigenvalue weighted by Gasteiger charge is 2.29. The van der Waals surface area contributed by atoms with Crippen molar-refractivity contribution in [3.63, 3.8) is 0 Å². The van der Waals surface area contributed by atoms with Crippen molar-refractivity contribution in [1.29, 1.82) is 0 Å². The van der Waals surface area contributed by atoms with Crippen LogP contribution in [0, 0.1) is 13.8 Å². The molecule has 6 nitrogen and oxygen atoms in total. The molecule has 1 aromatic heterocycles. The number of nitrogens with one attached hydrogen (secondary N) is 1. The van der Waals surface area contributed by atoms with E-state index in [1.165, 1.54) is 11.3 Å². The molecular formula is C13H18N2O4S. The van der Waals surface area contributed by atoms with Crippen LogP contribution in [0.3, 0.4) is 0 Å². The van der Waals surface area contributed by atoms with Crippen LogP contribution in [0.4, 0.5) is 9.80 Å². The number of rotatable bonds is 3. The molecule has 2 amide bonds. The van der Waals surface area contributed by atoms with E-state index < -0.39 is 5.97 Å². The van der Waals surface area contributed by atoms with Gasteiger partial charge in [0.05, 0.1) is 18.2 Å². The average molecular weight is 298 g/mol. The van der Waals surface area contributed by atoms with Crippen molar-refractivity contribution >= 4 is 28.3 Å². The smallest absolute Gasteiger partial charge is 0.338 e. The van der Waals surface area contributed by atoms with Gasteiger partial charge in [-0.15, -0.1) is 11.3 Å². The van der Waals surface area contributed by atoms with Gasteiger partial charge < -0.3 is 15.1 Å². The summed E-state index contributed by atoms with van der Waals surface area (Å²) in [6.07, 6.45) is 1.63. The second-order valence-corrected chi connectivity index (χ2v) is 6.12. The van der Waals surface area contributed by atoms with Gasteiger partial charge in [-0.3, -0.25) is 5.32 Å². The first kappa shape index (κ1) is 14.8. The fourth-order valence-corrected chi connectivity index (χ4v) is 3.48. The number of aromatic carboxylic acids is 1. The molecule has 0 bridgehead atoms. The summed E-state index contributed by atoms with van der Waals surface area (Å²) >= 11 is 1.26. The van der Waals surface area contributed by atoms with E-state index in [1.54, 1.807) is 11.8 Å². The van der Waals surface area contributed by atoms with Gasteiger partial charge in [0.15, 0.2) is 0 Å². The second kappa shape index (κ2) is 5.80. The molecule has 0 unspecified atom stereocenters. The maximum Gasteiger partial charge on any atom is 0.338 e. The van der Waals surface area contributed by atoms with Crippen LogP contribution in [-0.4, -0.2) is 46.3 Å². The van der Waals surface area contributed by atoms with Gasteiger partial charge in [0.25, 0.3) is 0 Å². The molecule has 0 aliphatic carbocycles. The Morgan fingerprint density at radius 3 is 2.75 bits per heavy atom. The number of nitrogens with zero attached hydrogens (tertiary/aromatic N) is 1. The van der Waals surface area contributed by atoms with Crippen LogP contribution in [0.5, 0.6) is 0 Å². The Labute approximate surface area is 121 Å². The Balaban J connectivity index is 2.20. The predicted molar refractivity (Wildman–Crippen MR) is 76.6 cm³/mol. The van der Waals surface area contributed by atoms with Gasteiger partial charge in [0.1, 0.15) is 5.00 Å². The zero-order valence-corrected chi connectivity index (χ0v) is 12.3. The monoisotopic (exact) mass is 298 g/mol. The van der Waals surface area contributed by atoms with Crippen molar-refractivity contribution in [2.45, 2.75) is 32.7 Å². The molecule has 1 aromatic rings. The molecule has 1 saturated heterocycles. The molecule has 0 aromatic carbocycles. The zero-order chi connectivity index (χ0) is 14.9. The third kappa shape index (κ3) is 2.64. The highest BCUT2D eigenvalue weighted by molar-refractivity contribution is 7.16. The summed E-state index contributed by atoms with van der Waals surface area (Å²) in [5.41, 5.74) is 0.832. The standard InChI is InChI=1S/C13H18N2O4S/c1-7-8(2)20-11(10(7)12(17)18)14-13(19)15-5-3-4-9(15)6-16/h9,16H,3-6H2,1-2H3,(H,14,19)(H,17,18)/t9-/m1/s1. The normalized spacial score (nSPS) is 18.4. The Kier molecular flexibility index (Phi) is 4.29. The van der Waals surface area contributed by atoms with Crippen LogP contribution in [0.1, 0.15) is 33.6 Å². The lowest BCUT2D eigenvalue weighted by atomic mass is 10.1. The lowest BCUT2D eigenvalue weighted by molar-refractivity contribution is 0.0697. The fraction of sp³-hybridized carbons (Fsp3) is 0.538. The van der Waals surface area contributed by atoms with E-state index in [-0.39, 0.29) is 24.2 Å². The molecule has 110 valence electrons. The van der Waals surface area contributed by atoms with E-state index >= 15 is 0 Å². The lowest BCUT2D eigenvalue weighted by Crippen LogP contribution is -2.40. The van der Waals surface area contributed by atoms with Crippen LogP contribution in [0.25, 0.3) is 0 Å². The third-order valence-corrected chi connectivity index (χ3v) is 4.79. The summed E-state index contributed by atoms with van der Waals surface area (Å²) < 4.78 is 0. The van der Waals surface area contributed by atoms with E-state index in [0.717, 1.165) is 17.7 Å². The van der Waals surface area contributed by atoms with Crippen LogP contribution in [0.15, 0.2) is 0 Å². The van der Waals surface area contributed by atoms with Crippen molar-refractivity contribution in [3.8, 4) is 0 Å². The Morgan fingerprint density at radius 2 is 2.15 bits per heavy atom. The molecule has 2 rings (SSSR count). The van der Waals surface area contributed by atoms with Crippen LogP contribution < -0.4 is 5.32 Å². The summed E-state index contributed by atoms with van der Waals surface area (Å²) in [6.45, 7) is 4.08. The highest BCUT2D eigenvalue weighted by Crippen LogP contribution is 2.33. The van der Waals surface area contributed by atoms with Gasteiger partial charge in [0.2, 0.25) is 0 Å². The van der Waals surface area contributed by atoms with E-state index in [1.807, 2.05) is 6.92 Å². The summed E-state index contributed by atoms with van der Waals surface area (Å²) in [7, 11) is 0.